The zero-order valence-corrected chi connectivity index (χ0v) is 16.4. The van der Waals surface area contributed by atoms with E-state index in [-0.39, 0.29) is 11.9 Å². The maximum Gasteiger partial charge on any atom is 0.302 e. The van der Waals surface area contributed by atoms with E-state index in [0.29, 0.717) is 13.2 Å². The molecule has 0 saturated carbocycles. The summed E-state index contributed by atoms with van der Waals surface area (Å²) in [5.41, 5.74) is 2.61. The third-order valence-electron chi connectivity index (χ3n) is 3.11. The summed E-state index contributed by atoms with van der Waals surface area (Å²) in [5, 5.41) is 0. The Labute approximate surface area is 148 Å². The molecule has 0 aliphatic rings. The number of ether oxygens (including phenoxy) is 2. The molecule has 0 unspecified atom stereocenters. The van der Waals surface area contributed by atoms with Crippen LogP contribution in [0.4, 0.5) is 0 Å². The second-order valence-corrected chi connectivity index (χ2v) is 6.07. The highest BCUT2D eigenvalue weighted by Gasteiger charge is 1.92. The minimum Gasteiger partial charge on any atom is -0.466 e. The summed E-state index contributed by atoms with van der Waals surface area (Å²) in [5.74, 6) is -0.394. The number of hydrogen-bond acceptors (Lipinski definition) is 4. The molecule has 0 heterocycles. The lowest BCUT2D eigenvalue weighted by Gasteiger charge is -2.00. The van der Waals surface area contributed by atoms with Gasteiger partial charge in [0.15, 0.2) is 0 Å². The molecule has 24 heavy (non-hydrogen) atoms. The number of rotatable bonds is 10. The normalized spacial score (nSPS) is 10.3. The molecule has 0 aromatic rings. The topological polar surface area (TPSA) is 52.6 Å². The van der Waals surface area contributed by atoms with E-state index in [4.69, 9.17) is 9.47 Å². The molecule has 0 N–H and O–H groups in total. The second-order valence-electron chi connectivity index (χ2n) is 6.07. The van der Waals surface area contributed by atoms with Gasteiger partial charge in [0, 0.05) is 13.8 Å². The Morgan fingerprint density at radius 2 is 1.46 bits per heavy atom. The molecule has 0 fully saturated rings. The quantitative estimate of drug-likeness (QED) is 0.305. The van der Waals surface area contributed by atoms with Crippen molar-refractivity contribution in [2.45, 2.75) is 80.1 Å². The lowest BCUT2D eigenvalue weighted by molar-refractivity contribution is -0.141. The molecule has 4 heteroatoms. The summed E-state index contributed by atoms with van der Waals surface area (Å²) < 4.78 is 9.56. The molecule has 0 rings (SSSR count). The molecule has 0 aliphatic heterocycles. The molecule has 4 nitrogen and oxygen atoms in total. The van der Waals surface area contributed by atoms with Crippen molar-refractivity contribution in [3.05, 3.63) is 23.3 Å². The summed E-state index contributed by atoms with van der Waals surface area (Å²) >= 11 is 0. The van der Waals surface area contributed by atoms with Crippen LogP contribution >= 0.6 is 0 Å². The molecule has 0 aromatic heterocycles. The Morgan fingerprint density at radius 3 is 1.96 bits per heavy atom. The van der Waals surface area contributed by atoms with E-state index in [1.54, 1.807) is 0 Å². The van der Waals surface area contributed by atoms with Crippen molar-refractivity contribution in [1.82, 2.24) is 0 Å². The third-order valence-corrected chi connectivity index (χ3v) is 3.11. The Balaban J connectivity index is 0. The van der Waals surface area contributed by atoms with Gasteiger partial charge in [-0.1, -0.05) is 43.4 Å². The molecule has 140 valence electrons. The average molecular weight is 341 g/mol. The van der Waals surface area contributed by atoms with E-state index in [2.05, 4.69) is 33.8 Å². The van der Waals surface area contributed by atoms with Gasteiger partial charge in [0.05, 0.1) is 6.61 Å². The summed E-state index contributed by atoms with van der Waals surface area (Å²) in [4.78, 5) is 20.7. The number of carbonyl (C=O) groups excluding carboxylic acids is 2. The van der Waals surface area contributed by atoms with Crippen molar-refractivity contribution in [3.8, 4) is 0 Å². The number of hydrogen-bond donors (Lipinski definition) is 0. The van der Waals surface area contributed by atoms with Gasteiger partial charge >= 0.3 is 11.9 Å². The van der Waals surface area contributed by atoms with Gasteiger partial charge in [-0.2, -0.15) is 0 Å². The highest BCUT2D eigenvalue weighted by molar-refractivity contribution is 5.66. The van der Waals surface area contributed by atoms with Crippen molar-refractivity contribution in [3.63, 3.8) is 0 Å². The van der Waals surface area contributed by atoms with E-state index in [1.165, 1.54) is 44.3 Å². The van der Waals surface area contributed by atoms with Crippen molar-refractivity contribution < 1.29 is 19.1 Å². The van der Waals surface area contributed by atoms with Crippen LogP contribution in [0.2, 0.25) is 0 Å². The van der Waals surface area contributed by atoms with Gasteiger partial charge in [-0.25, -0.2) is 0 Å². The zero-order chi connectivity index (χ0) is 18.8. The number of unbranched alkanes of at least 4 members (excludes halogenated alkanes) is 3. The average Bonchev–Trinajstić information content (AvgIpc) is 2.46. The van der Waals surface area contributed by atoms with Gasteiger partial charge in [-0.05, 0) is 46.1 Å². The molecule has 0 amide bonds. The minimum absolute atomic E-state index is 0.170. The summed E-state index contributed by atoms with van der Waals surface area (Å²) in [6, 6.07) is 0. The number of allylic oxidation sites excluding steroid dienone is 3. The Bertz CT molecular complexity index is 390. The van der Waals surface area contributed by atoms with Crippen LogP contribution in [0.5, 0.6) is 0 Å². The number of carbonyl (C=O) groups is 2. The first-order valence-electron chi connectivity index (χ1n) is 8.85. The molecular formula is C20H36O4. The fraction of sp³-hybridized carbons (Fsp3) is 0.700. The fourth-order valence-corrected chi connectivity index (χ4v) is 1.74. The molecular weight excluding hydrogens is 304 g/mol. The maximum atomic E-state index is 10.5. The molecule has 0 aromatic carbocycles. The largest absolute Gasteiger partial charge is 0.466 e. The highest BCUT2D eigenvalue weighted by Crippen LogP contribution is 2.06. The molecule has 0 atom stereocenters. The van der Waals surface area contributed by atoms with Gasteiger partial charge in [0.25, 0.3) is 0 Å². The first-order valence-corrected chi connectivity index (χ1v) is 8.85. The van der Waals surface area contributed by atoms with Gasteiger partial charge < -0.3 is 9.47 Å². The van der Waals surface area contributed by atoms with Crippen LogP contribution in [-0.4, -0.2) is 25.2 Å². The SMILES string of the molecule is CC(=O)OC/C=C(\C)CCC=C(C)C.CCCCCCOC(C)=O. The first-order chi connectivity index (χ1) is 11.3. The molecule has 0 saturated heterocycles. The molecule has 0 aliphatic carbocycles. The Morgan fingerprint density at radius 1 is 0.833 bits per heavy atom. The molecule has 0 spiro atoms. The van der Waals surface area contributed by atoms with E-state index in [9.17, 15) is 9.59 Å². The van der Waals surface area contributed by atoms with Crippen LogP contribution in [0, 0.1) is 0 Å². The van der Waals surface area contributed by atoms with E-state index in [1.807, 2.05) is 6.08 Å². The Kier molecular flexibility index (Phi) is 18.3. The van der Waals surface area contributed by atoms with Crippen LogP contribution in [0.3, 0.4) is 0 Å². The van der Waals surface area contributed by atoms with E-state index in [0.717, 1.165) is 19.3 Å². The molecule has 0 radical (unpaired) electrons. The summed E-state index contributed by atoms with van der Waals surface area (Å²) in [7, 11) is 0. The van der Waals surface area contributed by atoms with Crippen LogP contribution in [-0.2, 0) is 19.1 Å². The lowest BCUT2D eigenvalue weighted by atomic mass is 10.1. The van der Waals surface area contributed by atoms with Crippen molar-refractivity contribution in [2.24, 2.45) is 0 Å². The van der Waals surface area contributed by atoms with Gasteiger partial charge in [0.2, 0.25) is 0 Å². The van der Waals surface area contributed by atoms with Crippen molar-refractivity contribution in [1.29, 1.82) is 0 Å². The monoisotopic (exact) mass is 340 g/mol. The highest BCUT2D eigenvalue weighted by atomic mass is 16.5. The lowest BCUT2D eigenvalue weighted by Crippen LogP contribution is -1.99. The van der Waals surface area contributed by atoms with Crippen LogP contribution in [0.15, 0.2) is 23.3 Å². The van der Waals surface area contributed by atoms with Crippen molar-refractivity contribution >= 4 is 11.9 Å². The van der Waals surface area contributed by atoms with Gasteiger partial charge in [0.1, 0.15) is 6.61 Å². The third kappa shape index (κ3) is 25.4. The van der Waals surface area contributed by atoms with Crippen molar-refractivity contribution in [2.75, 3.05) is 13.2 Å². The minimum atomic E-state index is -0.224. The summed E-state index contributed by atoms with van der Waals surface area (Å²) in [6.45, 7) is 12.3. The van der Waals surface area contributed by atoms with Crippen LogP contribution in [0.25, 0.3) is 0 Å². The first kappa shape index (κ1) is 24.7. The van der Waals surface area contributed by atoms with Gasteiger partial charge in [-0.15, -0.1) is 0 Å². The zero-order valence-electron chi connectivity index (χ0n) is 16.4. The van der Waals surface area contributed by atoms with Crippen LogP contribution in [0.1, 0.15) is 80.1 Å². The summed E-state index contributed by atoms with van der Waals surface area (Å²) in [6.07, 6.45) is 10.9. The molecule has 0 bridgehead atoms. The predicted molar refractivity (Wildman–Crippen MR) is 99.8 cm³/mol. The van der Waals surface area contributed by atoms with E-state index < -0.39 is 0 Å². The van der Waals surface area contributed by atoms with Crippen LogP contribution < -0.4 is 0 Å². The number of esters is 2. The predicted octanol–water partition coefficient (Wildman–Crippen LogP) is 5.37. The maximum absolute atomic E-state index is 10.5. The standard InChI is InChI=1S/C12H20O2.C8H16O2/c1-10(2)6-5-7-11(3)8-9-14-12(4)13;1-3-4-5-6-7-10-8(2)9/h6,8H,5,7,9H2,1-4H3;3-7H2,1-2H3/b11-8+;. The van der Waals surface area contributed by atoms with E-state index >= 15 is 0 Å². The van der Waals surface area contributed by atoms with Gasteiger partial charge in [-0.3, -0.25) is 9.59 Å². The Hall–Kier alpha value is -1.58. The fourth-order valence-electron chi connectivity index (χ4n) is 1.74. The second kappa shape index (κ2) is 17.8. The smallest absolute Gasteiger partial charge is 0.302 e.